The summed E-state index contributed by atoms with van der Waals surface area (Å²) in [5, 5.41) is 0. The van der Waals surface area contributed by atoms with E-state index in [0.29, 0.717) is 19.5 Å². The Balaban J connectivity index is 1.78. The monoisotopic (exact) mass is 328 g/mol. The molecule has 1 aliphatic heterocycles. The van der Waals surface area contributed by atoms with Crippen molar-refractivity contribution in [2.45, 2.75) is 25.4 Å². The number of hydrogen-bond acceptors (Lipinski definition) is 2. The number of alkyl halides is 3. The maximum Gasteiger partial charge on any atom is 0.389 e. The number of halogens is 3. The number of piperazine rings is 1. The molecule has 1 heterocycles. The van der Waals surface area contributed by atoms with Crippen LogP contribution in [-0.2, 0) is 16.0 Å². The molecule has 4 nitrogen and oxygen atoms in total. The van der Waals surface area contributed by atoms with Crippen molar-refractivity contribution >= 4 is 11.8 Å². The third kappa shape index (κ3) is 5.58. The summed E-state index contributed by atoms with van der Waals surface area (Å²) in [5.41, 5.74) is 1.11. The predicted octanol–water partition coefficient (Wildman–Crippen LogP) is 2.24. The Morgan fingerprint density at radius 3 is 2.43 bits per heavy atom. The summed E-state index contributed by atoms with van der Waals surface area (Å²) in [6.45, 7) is 1.07. The Labute approximate surface area is 132 Å². The summed E-state index contributed by atoms with van der Waals surface area (Å²) >= 11 is 0. The predicted molar refractivity (Wildman–Crippen MR) is 78.6 cm³/mol. The van der Waals surface area contributed by atoms with Crippen LogP contribution in [0, 0.1) is 0 Å². The minimum Gasteiger partial charge on any atom is -0.339 e. The lowest BCUT2D eigenvalue weighted by molar-refractivity contribution is -0.153. The first kappa shape index (κ1) is 17.3. The summed E-state index contributed by atoms with van der Waals surface area (Å²) < 4.78 is 36.4. The Bertz CT molecular complexity index is 546. The number of rotatable bonds is 5. The Hall–Kier alpha value is -2.05. The van der Waals surface area contributed by atoms with E-state index >= 15 is 0 Å². The van der Waals surface area contributed by atoms with E-state index in [1.165, 1.54) is 4.90 Å². The van der Waals surface area contributed by atoms with Gasteiger partial charge in [0.25, 0.3) is 0 Å². The van der Waals surface area contributed by atoms with Crippen molar-refractivity contribution in [3.8, 4) is 0 Å². The highest BCUT2D eigenvalue weighted by Crippen LogP contribution is 2.22. The van der Waals surface area contributed by atoms with Gasteiger partial charge < -0.3 is 9.80 Å². The maximum absolute atomic E-state index is 12.1. The average molecular weight is 328 g/mol. The van der Waals surface area contributed by atoms with Crippen LogP contribution < -0.4 is 0 Å². The van der Waals surface area contributed by atoms with Gasteiger partial charge in [0.1, 0.15) is 0 Å². The van der Waals surface area contributed by atoms with Crippen LogP contribution in [0.4, 0.5) is 13.2 Å². The first-order valence-corrected chi connectivity index (χ1v) is 7.51. The lowest BCUT2D eigenvalue weighted by Gasteiger charge is -2.34. The van der Waals surface area contributed by atoms with Crippen LogP contribution in [0.1, 0.15) is 18.4 Å². The molecule has 0 radical (unpaired) electrons. The van der Waals surface area contributed by atoms with Gasteiger partial charge in [-0.25, -0.2) is 0 Å². The minimum atomic E-state index is -4.35. The van der Waals surface area contributed by atoms with Crippen molar-refractivity contribution in [2.75, 3.05) is 26.2 Å². The van der Waals surface area contributed by atoms with Crippen LogP contribution in [-0.4, -0.2) is 54.0 Å². The molecule has 23 heavy (non-hydrogen) atoms. The van der Waals surface area contributed by atoms with Crippen molar-refractivity contribution in [2.24, 2.45) is 0 Å². The van der Waals surface area contributed by atoms with Gasteiger partial charge in [0.05, 0.1) is 13.0 Å². The van der Waals surface area contributed by atoms with Crippen LogP contribution in [0.5, 0.6) is 0 Å². The molecular formula is C16H19F3N2O2. The fourth-order valence-electron chi connectivity index (χ4n) is 2.47. The summed E-state index contributed by atoms with van der Waals surface area (Å²) in [7, 11) is 0. The molecule has 0 unspecified atom stereocenters. The fraction of sp³-hybridized carbons (Fsp3) is 0.500. The zero-order valence-electron chi connectivity index (χ0n) is 12.7. The maximum atomic E-state index is 12.1. The van der Waals surface area contributed by atoms with Gasteiger partial charge in [-0.1, -0.05) is 30.3 Å². The number of amides is 2. The van der Waals surface area contributed by atoms with Gasteiger partial charge in [0.15, 0.2) is 0 Å². The van der Waals surface area contributed by atoms with Crippen molar-refractivity contribution in [1.82, 2.24) is 9.80 Å². The third-order valence-electron chi connectivity index (χ3n) is 3.81. The number of hydrogen-bond donors (Lipinski definition) is 0. The van der Waals surface area contributed by atoms with Crippen molar-refractivity contribution in [3.63, 3.8) is 0 Å². The Morgan fingerprint density at radius 1 is 1.13 bits per heavy atom. The van der Waals surface area contributed by atoms with Crippen LogP contribution in [0.3, 0.4) is 0 Å². The standard InChI is InChI=1S/C16H19F3N2O2/c17-16(18,19)8-6-14(22)21-11-10-20(15(23)12-21)9-7-13-4-2-1-3-5-13/h1-5H,6-12H2. The van der Waals surface area contributed by atoms with Gasteiger partial charge >= 0.3 is 6.18 Å². The first-order valence-electron chi connectivity index (χ1n) is 7.51. The molecule has 0 saturated carbocycles. The molecule has 0 spiro atoms. The van der Waals surface area contributed by atoms with E-state index in [-0.39, 0.29) is 19.0 Å². The van der Waals surface area contributed by atoms with Gasteiger partial charge in [-0.15, -0.1) is 0 Å². The van der Waals surface area contributed by atoms with Gasteiger partial charge in [0, 0.05) is 26.1 Å². The summed E-state index contributed by atoms with van der Waals surface area (Å²) in [6.07, 6.45) is -5.37. The van der Waals surface area contributed by atoms with Gasteiger partial charge in [0.2, 0.25) is 11.8 Å². The number of benzene rings is 1. The lowest BCUT2D eigenvalue weighted by atomic mass is 10.1. The van der Waals surface area contributed by atoms with E-state index in [1.54, 1.807) is 4.90 Å². The second kappa shape index (κ2) is 7.48. The van der Waals surface area contributed by atoms with Crippen LogP contribution in [0.2, 0.25) is 0 Å². The van der Waals surface area contributed by atoms with E-state index in [9.17, 15) is 22.8 Å². The normalized spacial score (nSPS) is 15.9. The highest BCUT2D eigenvalue weighted by molar-refractivity contribution is 5.86. The van der Waals surface area contributed by atoms with Crippen LogP contribution in [0.15, 0.2) is 30.3 Å². The van der Waals surface area contributed by atoms with E-state index in [4.69, 9.17) is 0 Å². The van der Waals surface area contributed by atoms with Crippen LogP contribution in [0.25, 0.3) is 0 Å². The zero-order chi connectivity index (χ0) is 16.9. The molecule has 2 amide bonds. The summed E-state index contributed by atoms with van der Waals surface area (Å²) in [6, 6.07) is 9.71. The molecule has 7 heteroatoms. The first-order chi connectivity index (χ1) is 10.8. The van der Waals surface area contributed by atoms with E-state index in [0.717, 1.165) is 5.56 Å². The van der Waals surface area contributed by atoms with Gasteiger partial charge in [-0.05, 0) is 12.0 Å². The molecule has 2 rings (SSSR count). The fourth-order valence-corrected chi connectivity index (χ4v) is 2.47. The molecule has 1 aliphatic rings. The second-order valence-electron chi connectivity index (χ2n) is 5.55. The Morgan fingerprint density at radius 2 is 1.83 bits per heavy atom. The number of carbonyl (C=O) groups excluding carboxylic acids is 2. The largest absolute Gasteiger partial charge is 0.389 e. The molecule has 1 saturated heterocycles. The zero-order valence-corrected chi connectivity index (χ0v) is 12.7. The molecule has 0 atom stereocenters. The van der Waals surface area contributed by atoms with Gasteiger partial charge in [-0.3, -0.25) is 9.59 Å². The highest BCUT2D eigenvalue weighted by atomic mass is 19.4. The molecular weight excluding hydrogens is 309 g/mol. The number of carbonyl (C=O) groups is 2. The number of nitrogens with zero attached hydrogens (tertiary/aromatic N) is 2. The third-order valence-corrected chi connectivity index (χ3v) is 3.81. The van der Waals surface area contributed by atoms with Crippen molar-refractivity contribution in [3.05, 3.63) is 35.9 Å². The van der Waals surface area contributed by atoms with Gasteiger partial charge in [-0.2, -0.15) is 13.2 Å². The molecule has 1 aromatic rings. The minimum absolute atomic E-state index is 0.133. The van der Waals surface area contributed by atoms with Crippen molar-refractivity contribution in [1.29, 1.82) is 0 Å². The summed E-state index contributed by atoms with van der Waals surface area (Å²) in [5.74, 6) is -0.828. The molecule has 0 bridgehead atoms. The van der Waals surface area contributed by atoms with Crippen LogP contribution >= 0.6 is 0 Å². The van der Waals surface area contributed by atoms with E-state index < -0.39 is 24.9 Å². The average Bonchev–Trinajstić information content (AvgIpc) is 2.51. The smallest absolute Gasteiger partial charge is 0.339 e. The molecule has 126 valence electrons. The SMILES string of the molecule is O=C1CN(C(=O)CCC(F)(F)F)CCN1CCc1ccccc1. The highest BCUT2D eigenvalue weighted by Gasteiger charge is 2.31. The van der Waals surface area contributed by atoms with E-state index in [2.05, 4.69) is 0 Å². The topological polar surface area (TPSA) is 40.6 Å². The summed E-state index contributed by atoms with van der Waals surface area (Å²) in [4.78, 5) is 26.6. The van der Waals surface area contributed by atoms with Crippen molar-refractivity contribution < 1.29 is 22.8 Å². The molecule has 1 aromatic carbocycles. The molecule has 1 fully saturated rings. The van der Waals surface area contributed by atoms with E-state index in [1.807, 2.05) is 30.3 Å². The quantitative estimate of drug-likeness (QED) is 0.832. The Kier molecular flexibility index (Phi) is 5.63. The second-order valence-corrected chi connectivity index (χ2v) is 5.55. The lowest BCUT2D eigenvalue weighted by Crippen LogP contribution is -2.52. The molecule has 0 aromatic heterocycles. The molecule has 0 N–H and O–H groups in total. The molecule has 0 aliphatic carbocycles.